The fraction of sp³-hybridized carbons (Fsp3) is 0.167. The van der Waals surface area contributed by atoms with Crippen molar-refractivity contribution in [2.24, 2.45) is 7.05 Å². The summed E-state index contributed by atoms with van der Waals surface area (Å²) in [5.74, 6) is -0.420. The molecule has 1 aromatic heterocycles. The molecule has 1 heterocycles. The Kier molecular flexibility index (Phi) is 4.88. The van der Waals surface area contributed by atoms with Crippen molar-refractivity contribution in [3.8, 4) is 0 Å². The highest BCUT2D eigenvalue weighted by Crippen LogP contribution is 2.29. The standard InChI is InChI=1S/C18H14F3N3O2S/c1-24-16(26)13-7-4-11(8-14(13)23-17(24)27)15(25)22-9-10-2-5-12(6-3-10)18(19,20)21/h2-8H,9H2,1H3,(H,22,25)(H,23,27). The molecule has 0 saturated heterocycles. The van der Waals surface area contributed by atoms with E-state index in [0.717, 1.165) is 12.1 Å². The van der Waals surface area contributed by atoms with Crippen molar-refractivity contribution < 1.29 is 18.0 Å². The number of carbonyl (C=O) groups is 1. The number of nitrogens with zero attached hydrogens (tertiary/aromatic N) is 1. The van der Waals surface area contributed by atoms with E-state index in [9.17, 15) is 22.8 Å². The normalized spacial score (nSPS) is 11.6. The van der Waals surface area contributed by atoms with Gasteiger partial charge in [0.25, 0.3) is 11.5 Å². The third kappa shape index (κ3) is 3.92. The van der Waals surface area contributed by atoms with Gasteiger partial charge in [0.1, 0.15) is 0 Å². The van der Waals surface area contributed by atoms with Crippen LogP contribution in [0.15, 0.2) is 47.3 Å². The van der Waals surface area contributed by atoms with Gasteiger partial charge in [-0.15, -0.1) is 0 Å². The zero-order valence-corrected chi connectivity index (χ0v) is 14.9. The second-order valence-electron chi connectivity index (χ2n) is 5.93. The average molecular weight is 393 g/mol. The first-order valence-electron chi connectivity index (χ1n) is 7.84. The second-order valence-corrected chi connectivity index (χ2v) is 6.32. The highest BCUT2D eigenvalue weighted by Gasteiger charge is 2.29. The summed E-state index contributed by atoms with van der Waals surface area (Å²) in [6.45, 7) is 0.0710. The van der Waals surface area contributed by atoms with Crippen molar-refractivity contribution in [3.05, 3.63) is 74.3 Å². The molecule has 2 aromatic carbocycles. The number of benzene rings is 2. The van der Waals surface area contributed by atoms with E-state index in [1.165, 1.54) is 34.9 Å². The van der Waals surface area contributed by atoms with Crippen LogP contribution in [0.5, 0.6) is 0 Å². The lowest BCUT2D eigenvalue weighted by Gasteiger charge is -2.09. The van der Waals surface area contributed by atoms with Gasteiger partial charge in [-0.05, 0) is 48.1 Å². The maximum Gasteiger partial charge on any atom is 0.416 e. The molecule has 0 aliphatic heterocycles. The molecular formula is C18H14F3N3O2S. The molecule has 0 atom stereocenters. The Hall–Kier alpha value is -2.94. The molecule has 3 rings (SSSR count). The van der Waals surface area contributed by atoms with Crippen LogP contribution in [0.4, 0.5) is 13.2 Å². The molecule has 0 aliphatic rings. The number of hydrogen-bond acceptors (Lipinski definition) is 3. The van der Waals surface area contributed by atoms with E-state index in [0.29, 0.717) is 22.0 Å². The Morgan fingerprint density at radius 3 is 2.48 bits per heavy atom. The minimum atomic E-state index is -4.40. The summed E-state index contributed by atoms with van der Waals surface area (Å²) in [6.07, 6.45) is -4.40. The van der Waals surface area contributed by atoms with Gasteiger partial charge in [-0.2, -0.15) is 13.2 Å². The number of carbonyl (C=O) groups excluding carboxylic acids is 1. The monoisotopic (exact) mass is 393 g/mol. The molecule has 0 unspecified atom stereocenters. The Balaban J connectivity index is 1.77. The van der Waals surface area contributed by atoms with Gasteiger partial charge < -0.3 is 10.3 Å². The number of alkyl halides is 3. The maximum absolute atomic E-state index is 12.6. The third-order valence-electron chi connectivity index (χ3n) is 4.10. The summed E-state index contributed by atoms with van der Waals surface area (Å²) >= 11 is 5.06. The van der Waals surface area contributed by atoms with Gasteiger partial charge in [-0.25, -0.2) is 0 Å². The first-order valence-corrected chi connectivity index (χ1v) is 8.25. The van der Waals surface area contributed by atoms with Gasteiger partial charge in [-0.3, -0.25) is 14.2 Å². The van der Waals surface area contributed by atoms with E-state index in [2.05, 4.69) is 10.3 Å². The number of amides is 1. The molecule has 0 saturated carbocycles. The lowest BCUT2D eigenvalue weighted by atomic mass is 10.1. The minimum absolute atomic E-state index is 0.0710. The first kappa shape index (κ1) is 18.8. The molecule has 1 amide bonds. The van der Waals surface area contributed by atoms with Gasteiger partial charge in [0.2, 0.25) is 0 Å². The van der Waals surface area contributed by atoms with Crippen LogP contribution < -0.4 is 10.9 Å². The highest BCUT2D eigenvalue weighted by molar-refractivity contribution is 7.71. The lowest BCUT2D eigenvalue weighted by Crippen LogP contribution is -2.23. The van der Waals surface area contributed by atoms with Gasteiger partial charge in [-0.1, -0.05) is 12.1 Å². The van der Waals surface area contributed by atoms with Gasteiger partial charge in [0, 0.05) is 19.2 Å². The van der Waals surface area contributed by atoms with Crippen molar-refractivity contribution in [1.29, 1.82) is 0 Å². The van der Waals surface area contributed by atoms with E-state index in [1.54, 1.807) is 7.05 Å². The van der Waals surface area contributed by atoms with E-state index < -0.39 is 17.6 Å². The molecule has 0 bridgehead atoms. The predicted octanol–water partition coefficient (Wildman–Crippen LogP) is 3.54. The Bertz CT molecular complexity index is 1130. The summed E-state index contributed by atoms with van der Waals surface area (Å²) < 4.78 is 39.2. The van der Waals surface area contributed by atoms with Crippen LogP contribution in [-0.2, 0) is 19.8 Å². The van der Waals surface area contributed by atoms with Crippen LogP contribution in [0.2, 0.25) is 0 Å². The SMILES string of the molecule is Cn1c(=S)[nH]c2cc(C(=O)NCc3ccc(C(F)(F)F)cc3)ccc2c1=O. The Labute approximate surface area is 156 Å². The van der Waals surface area contributed by atoms with Gasteiger partial charge >= 0.3 is 6.18 Å². The van der Waals surface area contributed by atoms with Crippen LogP contribution in [0.3, 0.4) is 0 Å². The van der Waals surface area contributed by atoms with Crippen molar-refractivity contribution in [1.82, 2.24) is 14.9 Å². The van der Waals surface area contributed by atoms with Crippen molar-refractivity contribution in [3.63, 3.8) is 0 Å². The van der Waals surface area contributed by atoms with Crippen LogP contribution in [0, 0.1) is 4.77 Å². The predicted molar refractivity (Wildman–Crippen MR) is 97.0 cm³/mol. The molecule has 0 fully saturated rings. The van der Waals surface area contributed by atoms with Gasteiger partial charge in [0.05, 0.1) is 16.5 Å². The molecule has 27 heavy (non-hydrogen) atoms. The number of fused-ring (bicyclic) bond motifs is 1. The third-order valence-corrected chi connectivity index (χ3v) is 4.47. The summed E-state index contributed by atoms with van der Waals surface area (Å²) in [5.41, 5.74) is 0.249. The number of hydrogen-bond donors (Lipinski definition) is 2. The quantitative estimate of drug-likeness (QED) is 0.669. The Morgan fingerprint density at radius 1 is 1.19 bits per heavy atom. The minimum Gasteiger partial charge on any atom is -0.348 e. The number of H-pyrrole nitrogens is 1. The fourth-order valence-corrected chi connectivity index (χ4v) is 2.74. The van der Waals surface area contributed by atoms with E-state index >= 15 is 0 Å². The molecule has 0 aliphatic carbocycles. The number of aromatic nitrogens is 2. The van der Waals surface area contributed by atoms with Crippen molar-refractivity contribution in [2.45, 2.75) is 12.7 Å². The second kappa shape index (κ2) is 6.99. The largest absolute Gasteiger partial charge is 0.416 e. The number of halogens is 3. The van der Waals surface area contributed by atoms with Gasteiger partial charge in [0.15, 0.2) is 4.77 Å². The molecule has 140 valence electrons. The first-order chi connectivity index (χ1) is 12.7. The number of rotatable bonds is 3. The molecule has 0 spiro atoms. The zero-order chi connectivity index (χ0) is 19.8. The lowest BCUT2D eigenvalue weighted by molar-refractivity contribution is -0.137. The van der Waals surface area contributed by atoms with Crippen LogP contribution in [0.25, 0.3) is 10.9 Å². The smallest absolute Gasteiger partial charge is 0.348 e. The van der Waals surface area contributed by atoms with Crippen LogP contribution in [-0.4, -0.2) is 15.5 Å². The summed E-state index contributed by atoms with van der Waals surface area (Å²) in [7, 11) is 1.55. The molecule has 3 aromatic rings. The van der Waals surface area contributed by atoms with E-state index in [4.69, 9.17) is 12.2 Å². The molecule has 2 N–H and O–H groups in total. The fourth-order valence-electron chi connectivity index (χ4n) is 2.54. The van der Waals surface area contributed by atoms with Crippen LogP contribution >= 0.6 is 12.2 Å². The topological polar surface area (TPSA) is 66.9 Å². The maximum atomic E-state index is 12.6. The highest BCUT2D eigenvalue weighted by atomic mass is 32.1. The van der Waals surface area contributed by atoms with E-state index in [-0.39, 0.29) is 16.9 Å². The molecule has 5 nitrogen and oxygen atoms in total. The van der Waals surface area contributed by atoms with Crippen molar-refractivity contribution in [2.75, 3.05) is 0 Å². The molecule has 9 heteroatoms. The average Bonchev–Trinajstić information content (AvgIpc) is 2.63. The van der Waals surface area contributed by atoms with Crippen LogP contribution in [0.1, 0.15) is 21.5 Å². The Morgan fingerprint density at radius 2 is 1.85 bits per heavy atom. The number of aromatic amines is 1. The summed E-state index contributed by atoms with van der Waals surface area (Å²) in [6, 6.07) is 9.09. The van der Waals surface area contributed by atoms with E-state index in [1.807, 2.05) is 0 Å². The number of nitrogens with one attached hydrogen (secondary N) is 2. The molecular weight excluding hydrogens is 379 g/mol. The summed E-state index contributed by atoms with van der Waals surface area (Å²) in [4.78, 5) is 27.3. The molecule has 0 radical (unpaired) electrons. The summed E-state index contributed by atoms with van der Waals surface area (Å²) in [5, 5.41) is 3.03. The van der Waals surface area contributed by atoms with Crippen molar-refractivity contribution >= 4 is 29.0 Å². The zero-order valence-electron chi connectivity index (χ0n) is 14.1.